The maximum atomic E-state index is 2.14. The first kappa shape index (κ1) is 7.61. The minimum atomic E-state index is 1.13. The summed E-state index contributed by atoms with van der Waals surface area (Å²) in [5, 5.41) is 0. The van der Waals surface area contributed by atoms with Gasteiger partial charge in [-0.25, -0.2) is 0 Å². The smallest absolute Gasteiger partial charge is 0.0924 e. The fourth-order valence-corrected chi connectivity index (χ4v) is 0.429. The van der Waals surface area contributed by atoms with Crippen molar-refractivity contribution in [2.45, 2.75) is 12.6 Å². The van der Waals surface area contributed by atoms with Crippen LogP contribution in [-0.4, -0.2) is 15.7 Å². The van der Waals surface area contributed by atoms with Crippen LogP contribution in [0.1, 0.15) is 0 Å². The van der Waals surface area contributed by atoms with E-state index < -0.39 is 0 Å². The van der Waals surface area contributed by atoms with Crippen molar-refractivity contribution in [2.24, 2.45) is 0 Å². The van der Waals surface area contributed by atoms with E-state index >= 15 is 0 Å². The lowest BCUT2D eigenvalue weighted by Gasteiger charge is -1.73. The summed E-state index contributed by atoms with van der Waals surface area (Å²) in [6, 6.07) is 0. The van der Waals surface area contributed by atoms with Crippen LogP contribution in [0.3, 0.4) is 0 Å². The highest BCUT2D eigenvalue weighted by Crippen LogP contribution is 1.81. The van der Waals surface area contributed by atoms with Gasteiger partial charge in [-0.15, -0.1) is 0 Å². The average molecular weight is 106 g/mol. The van der Waals surface area contributed by atoms with Gasteiger partial charge in [-0.05, 0) is 0 Å². The number of allylic oxidation sites excluding steroid dienone is 4. The summed E-state index contributed by atoms with van der Waals surface area (Å²) in [4.78, 5) is 0. The summed E-state index contributed by atoms with van der Waals surface area (Å²) in [6.45, 7) is 0. The van der Waals surface area contributed by atoms with Gasteiger partial charge >= 0.3 is 0 Å². The maximum absolute atomic E-state index is 2.14. The van der Waals surface area contributed by atoms with Gasteiger partial charge in [0.15, 0.2) is 0 Å². The van der Waals surface area contributed by atoms with Crippen LogP contribution in [0.5, 0.6) is 0 Å². The first-order chi connectivity index (χ1) is 3.91. The second-order valence-corrected chi connectivity index (χ2v) is 1.67. The molecular formula is C6H12B2. The highest BCUT2D eigenvalue weighted by molar-refractivity contribution is 6.09. The van der Waals surface area contributed by atoms with Crippen LogP contribution in [-0.2, 0) is 0 Å². The Balaban J connectivity index is 3.13. The summed E-state index contributed by atoms with van der Waals surface area (Å²) in [7, 11) is 4.27. The zero-order valence-corrected chi connectivity index (χ0v) is 5.72. The Labute approximate surface area is 53.5 Å². The largest absolute Gasteiger partial charge is 0.106 e. The van der Waals surface area contributed by atoms with Crippen molar-refractivity contribution in [3.63, 3.8) is 0 Å². The van der Waals surface area contributed by atoms with Crippen LogP contribution in [0, 0.1) is 0 Å². The van der Waals surface area contributed by atoms with Gasteiger partial charge in [0.2, 0.25) is 0 Å². The molecule has 0 N–H and O–H groups in total. The van der Waals surface area contributed by atoms with Crippen LogP contribution in [0.15, 0.2) is 24.3 Å². The van der Waals surface area contributed by atoms with Gasteiger partial charge in [0, 0.05) is 0 Å². The Bertz CT molecular complexity index is 72.5. The Morgan fingerprint density at radius 2 is 1.25 bits per heavy atom. The van der Waals surface area contributed by atoms with Crippen LogP contribution >= 0.6 is 0 Å². The summed E-state index contributed by atoms with van der Waals surface area (Å²) in [6.07, 6.45) is 10.7. The molecule has 0 aromatic rings. The van der Waals surface area contributed by atoms with Gasteiger partial charge in [-0.1, -0.05) is 36.9 Å². The van der Waals surface area contributed by atoms with E-state index in [4.69, 9.17) is 0 Å². The van der Waals surface area contributed by atoms with Crippen LogP contribution in [0.4, 0.5) is 0 Å². The van der Waals surface area contributed by atoms with Gasteiger partial charge in [0.05, 0.1) is 0 Å². The molecule has 8 heavy (non-hydrogen) atoms. The average Bonchev–Trinajstić information content (AvgIpc) is 1.81. The van der Waals surface area contributed by atoms with Crippen LogP contribution in [0.25, 0.3) is 0 Å². The van der Waals surface area contributed by atoms with Crippen molar-refractivity contribution in [1.82, 2.24) is 0 Å². The highest BCUT2D eigenvalue weighted by Gasteiger charge is 1.62. The maximum Gasteiger partial charge on any atom is 0.106 e. The van der Waals surface area contributed by atoms with Crippen LogP contribution in [0.2, 0.25) is 12.6 Å². The van der Waals surface area contributed by atoms with Gasteiger partial charge in [0.25, 0.3) is 0 Å². The molecule has 0 heterocycles. The third-order valence-electron chi connectivity index (χ3n) is 0.855. The third kappa shape index (κ3) is 5.61. The zero-order valence-electron chi connectivity index (χ0n) is 5.72. The fourth-order valence-electron chi connectivity index (χ4n) is 0.429. The second kappa shape index (κ2) is 6.61. The molecule has 0 bridgehead atoms. The first-order valence-electron chi connectivity index (χ1n) is 3.23. The van der Waals surface area contributed by atoms with E-state index in [1.807, 2.05) is 0 Å². The minimum Gasteiger partial charge on any atom is -0.0924 e. The zero-order chi connectivity index (χ0) is 6.24. The summed E-state index contributed by atoms with van der Waals surface area (Å²) in [5.41, 5.74) is 0. The molecule has 0 nitrogen and oxygen atoms in total. The quantitative estimate of drug-likeness (QED) is 0.356. The van der Waals surface area contributed by atoms with Crippen molar-refractivity contribution in [3.8, 4) is 0 Å². The molecule has 0 saturated carbocycles. The molecule has 0 radical (unpaired) electrons. The van der Waals surface area contributed by atoms with E-state index in [1.165, 1.54) is 0 Å². The number of hydrogen-bond acceptors (Lipinski definition) is 0. The molecule has 0 saturated heterocycles. The molecule has 2 heteroatoms. The predicted molar refractivity (Wildman–Crippen MR) is 45.0 cm³/mol. The standard InChI is InChI=1S/C6H12B2/c7-5-3-1-2-4-6-8/h1-4H,5-8H2/b3-1+,4-2+. The second-order valence-electron chi connectivity index (χ2n) is 1.67. The summed E-state index contributed by atoms with van der Waals surface area (Å²) >= 11 is 0. The normalized spacial score (nSPS) is 11.5. The van der Waals surface area contributed by atoms with Gasteiger partial charge in [0.1, 0.15) is 15.7 Å². The van der Waals surface area contributed by atoms with Crippen molar-refractivity contribution in [1.29, 1.82) is 0 Å². The molecule has 42 valence electrons. The molecular weight excluding hydrogens is 93.7 g/mol. The van der Waals surface area contributed by atoms with E-state index in [9.17, 15) is 0 Å². The summed E-state index contributed by atoms with van der Waals surface area (Å²) in [5.74, 6) is 0. The molecule has 0 aliphatic rings. The molecule has 0 spiro atoms. The third-order valence-corrected chi connectivity index (χ3v) is 0.855. The molecule has 0 aliphatic heterocycles. The highest BCUT2D eigenvalue weighted by atomic mass is 13.6. The molecule has 0 aromatic carbocycles. The van der Waals surface area contributed by atoms with Crippen molar-refractivity contribution in [2.75, 3.05) is 0 Å². The Kier molecular flexibility index (Phi) is 6.29. The lowest BCUT2D eigenvalue weighted by molar-refractivity contribution is 1.66. The Morgan fingerprint density at radius 1 is 0.875 bits per heavy atom. The number of hydrogen-bond donors (Lipinski definition) is 0. The number of rotatable bonds is 3. The monoisotopic (exact) mass is 106 g/mol. The topological polar surface area (TPSA) is 0 Å². The van der Waals surface area contributed by atoms with Crippen molar-refractivity contribution < 1.29 is 0 Å². The van der Waals surface area contributed by atoms with Gasteiger partial charge in [-0.3, -0.25) is 0 Å². The predicted octanol–water partition coefficient (Wildman–Crippen LogP) is 0.202. The van der Waals surface area contributed by atoms with Crippen molar-refractivity contribution in [3.05, 3.63) is 24.3 Å². The van der Waals surface area contributed by atoms with E-state index in [1.54, 1.807) is 0 Å². The minimum absolute atomic E-state index is 1.13. The van der Waals surface area contributed by atoms with E-state index in [-0.39, 0.29) is 0 Å². The van der Waals surface area contributed by atoms with E-state index in [0.717, 1.165) is 12.6 Å². The molecule has 0 fully saturated rings. The van der Waals surface area contributed by atoms with Gasteiger partial charge < -0.3 is 0 Å². The summed E-state index contributed by atoms with van der Waals surface area (Å²) < 4.78 is 0. The SMILES string of the molecule is BC/C=C/C=C/CB. The molecule has 0 rings (SSSR count). The van der Waals surface area contributed by atoms with Gasteiger partial charge in [-0.2, -0.15) is 0 Å². The van der Waals surface area contributed by atoms with Crippen molar-refractivity contribution >= 4 is 15.7 Å². The molecule has 0 atom stereocenters. The van der Waals surface area contributed by atoms with E-state index in [2.05, 4.69) is 40.0 Å². The fraction of sp³-hybridized carbons (Fsp3) is 0.333. The molecule has 0 amide bonds. The molecule has 0 aliphatic carbocycles. The molecule has 0 unspecified atom stereocenters. The Hall–Kier alpha value is -0.390. The Morgan fingerprint density at radius 3 is 1.50 bits per heavy atom. The molecule has 0 aromatic heterocycles. The first-order valence-corrected chi connectivity index (χ1v) is 3.23. The lowest BCUT2D eigenvalue weighted by atomic mass is 10.0. The van der Waals surface area contributed by atoms with Crippen LogP contribution < -0.4 is 0 Å². The van der Waals surface area contributed by atoms with E-state index in [0.29, 0.717) is 0 Å². The lowest BCUT2D eigenvalue weighted by Crippen LogP contribution is -1.58.